The molecule has 0 spiro atoms. The van der Waals surface area contributed by atoms with E-state index in [9.17, 15) is 10.1 Å². The molecule has 33 heavy (non-hydrogen) atoms. The highest BCUT2D eigenvalue weighted by Crippen LogP contribution is 2.36. The molecule has 1 aromatic carbocycles. The maximum Gasteiger partial charge on any atom is 0.319 e. The molecule has 0 atom stereocenters. The first kappa shape index (κ1) is 23.0. The van der Waals surface area contributed by atoms with Crippen molar-refractivity contribution in [2.24, 2.45) is 0 Å². The zero-order valence-corrected chi connectivity index (χ0v) is 19.5. The first-order chi connectivity index (χ1) is 16.0. The molecule has 8 heteroatoms. The topological polar surface area (TPSA) is 97.2 Å². The van der Waals surface area contributed by atoms with E-state index in [0.717, 1.165) is 63.7 Å². The van der Waals surface area contributed by atoms with Gasteiger partial charge in [-0.2, -0.15) is 5.26 Å². The minimum atomic E-state index is -0.576. The molecule has 0 bridgehead atoms. The van der Waals surface area contributed by atoms with Crippen molar-refractivity contribution in [1.29, 1.82) is 5.26 Å². The van der Waals surface area contributed by atoms with E-state index in [1.807, 2.05) is 18.2 Å². The molecule has 1 saturated heterocycles. The van der Waals surface area contributed by atoms with E-state index < -0.39 is 5.54 Å². The van der Waals surface area contributed by atoms with E-state index in [0.29, 0.717) is 11.7 Å². The molecule has 8 nitrogen and oxygen atoms in total. The number of benzene rings is 1. The molecule has 1 aromatic heterocycles. The van der Waals surface area contributed by atoms with E-state index in [1.165, 1.54) is 5.69 Å². The molecule has 2 fully saturated rings. The van der Waals surface area contributed by atoms with Gasteiger partial charge in [0.25, 0.3) is 0 Å². The molecule has 2 N–H and O–H groups in total. The summed E-state index contributed by atoms with van der Waals surface area (Å²) in [4.78, 5) is 26.1. The zero-order chi connectivity index (χ0) is 23.3. The van der Waals surface area contributed by atoms with Gasteiger partial charge < -0.3 is 20.4 Å². The van der Waals surface area contributed by atoms with Crippen LogP contribution in [0.3, 0.4) is 0 Å². The van der Waals surface area contributed by atoms with Gasteiger partial charge in [-0.25, -0.2) is 14.8 Å². The van der Waals surface area contributed by atoms with Crippen molar-refractivity contribution in [3.8, 4) is 6.07 Å². The van der Waals surface area contributed by atoms with Gasteiger partial charge in [-0.1, -0.05) is 19.3 Å². The second-order valence-electron chi connectivity index (χ2n) is 9.33. The lowest BCUT2D eigenvalue weighted by molar-refractivity contribution is 0.209. The number of nitrogens with one attached hydrogen (secondary N) is 2. The molecule has 2 aromatic rings. The Balaban J connectivity index is 1.40. The average molecular weight is 448 g/mol. The van der Waals surface area contributed by atoms with Crippen molar-refractivity contribution in [2.75, 3.05) is 37.4 Å². The van der Waals surface area contributed by atoms with Crippen LogP contribution in [0.4, 0.5) is 16.2 Å². The van der Waals surface area contributed by atoms with Gasteiger partial charge in [0.05, 0.1) is 11.2 Å². The Hall–Kier alpha value is -3.18. The number of amides is 2. The summed E-state index contributed by atoms with van der Waals surface area (Å²) in [7, 11) is 4.30. The van der Waals surface area contributed by atoms with Crippen molar-refractivity contribution in [3.05, 3.63) is 48.0 Å². The van der Waals surface area contributed by atoms with E-state index in [4.69, 9.17) is 0 Å². The second kappa shape index (κ2) is 10.2. The van der Waals surface area contributed by atoms with E-state index in [-0.39, 0.29) is 11.9 Å². The summed E-state index contributed by atoms with van der Waals surface area (Å²) in [5, 5.41) is 15.4. The standard InChI is InChI=1S/C25H33N7O/c1-31(2)20-11-16-32(17-12-20)21-8-6-19(7-9-21)28-24(33)30-25(13-4-3-5-14-25)22-10-15-27-23(18-26)29-22/h6-10,15,20H,3-5,11-14,16-17H2,1-2H3,(H2,28,30,33). The maximum absolute atomic E-state index is 13.0. The van der Waals surface area contributed by atoms with Crippen molar-refractivity contribution in [2.45, 2.75) is 56.5 Å². The molecular formula is C25H33N7O. The number of carbonyl (C=O) groups excluding carboxylic acids is 1. The van der Waals surface area contributed by atoms with Crippen LogP contribution in [0, 0.1) is 11.3 Å². The summed E-state index contributed by atoms with van der Waals surface area (Å²) in [6, 6.07) is 12.3. The number of aromatic nitrogens is 2. The van der Waals surface area contributed by atoms with Gasteiger partial charge in [-0.3, -0.25) is 0 Å². The summed E-state index contributed by atoms with van der Waals surface area (Å²) in [6.07, 6.45) is 8.65. The number of rotatable bonds is 5. The third-order valence-corrected chi connectivity index (χ3v) is 6.99. The molecule has 0 unspecified atom stereocenters. The van der Waals surface area contributed by atoms with Crippen molar-refractivity contribution in [1.82, 2.24) is 20.2 Å². The Labute approximate surface area is 196 Å². The van der Waals surface area contributed by atoms with Gasteiger partial charge in [0.2, 0.25) is 5.82 Å². The molecule has 1 aliphatic carbocycles. The van der Waals surface area contributed by atoms with Gasteiger partial charge in [0.1, 0.15) is 6.07 Å². The number of hydrogen-bond acceptors (Lipinski definition) is 6. The van der Waals surface area contributed by atoms with Crippen molar-refractivity contribution < 1.29 is 4.79 Å². The van der Waals surface area contributed by atoms with Crippen LogP contribution >= 0.6 is 0 Å². The quantitative estimate of drug-likeness (QED) is 0.722. The molecule has 2 heterocycles. The van der Waals surface area contributed by atoms with Gasteiger partial charge in [0.15, 0.2) is 0 Å². The molecule has 0 radical (unpaired) electrons. The summed E-state index contributed by atoms with van der Waals surface area (Å²) in [6.45, 7) is 2.09. The maximum atomic E-state index is 13.0. The van der Waals surface area contributed by atoms with Gasteiger partial charge >= 0.3 is 6.03 Å². The molecule has 2 amide bonds. The third-order valence-electron chi connectivity index (χ3n) is 6.99. The Morgan fingerprint density at radius 1 is 1.12 bits per heavy atom. The van der Waals surface area contributed by atoms with Crippen LogP contribution in [-0.4, -0.2) is 54.1 Å². The monoisotopic (exact) mass is 447 g/mol. The van der Waals surface area contributed by atoms with Crippen LogP contribution in [0.5, 0.6) is 0 Å². The summed E-state index contributed by atoms with van der Waals surface area (Å²) in [5.74, 6) is 0.130. The normalized spacial score (nSPS) is 18.5. The van der Waals surface area contributed by atoms with Crippen LogP contribution in [0.2, 0.25) is 0 Å². The van der Waals surface area contributed by atoms with Crippen LogP contribution in [0.25, 0.3) is 0 Å². The molecule has 174 valence electrons. The summed E-state index contributed by atoms with van der Waals surface area (Å²) in [5.41, 5.74) is 2.08. The summed E-state index contributed by atoms with van der Waals surface area (Å²) < 4.78 is 0. The van der Waals surface area contributed by atoms with Gasteiger partial charge in [-0.15, -0.1) is 0 Å². The molecule has 4 rings (SSSR count). The molecule has 1 aliphatic heterocycles. The van der Waals surface area contributed by atoms with Crippen LogP contribution in [-0.2, 0) is 5.54 Å². The lowest BCUT2D eigenvalue weighted by Gasteiger charge is -2.37. The number of nitriles is 1. The first-order valence-corrected chi connectivity index (χ1v) is 11.8. The minimum absolute atomic E-state index is 0.130. The number of piperidine rings is 1. The van der Waals surface area contributed by atoms with Crippen LogP contribution in [0.1, 0.15) is 56.5 Å². The highest BCUT2D eigenvalue weighted by atomic mass is 16.2. The minimum Gasteiger partial charge on any atom is -0.371 e. The van der Waals surface area contributed by atoms with E-state index in [2.05, 4.69) is 56.6 Å². The third kappa shape index (κ3) is 5.42. The zero-order valence-electron chi connectivity index (χ0n) is 19.5. The fourth-order valence-electron chi connectivity index (χ4n) is 5.06. The van der Waals surface area contributed by atoms with Crippen LogP contribution < -0.4 is 15.5 Å². The average Bonchev–Trinajstić information content (AvgIpc) is 2.85. The summed E-state index contributed by atoms with van der Waals surface area (Å²) >= 11 is 0. The largest absolute Gasteiger partial charge is 0.371 e. The number of nitrogens with zero attached hydrogens (tertiary/aromatic N) is 5. The first-order valence-electron chi connectivity index (χ1n) is 11.8. The number of anilines is 2. The number of hydrogen-bond donors (Lipinski definition) is 2. The highest BCUT2D eigenvalue weighted by molar-refractivity contribution is 5.90. The van der Waals surface area contributed by atoms with Gasteiger partial charge in [0, 0.05) is 36.7 Å². The molecular weight excluding hydrogens is 414 g/mol. The number of urea groups is 1. The number of carbonyl (C=O) groups is 1. The lowest BCUT2D eigenvalue weighted by Crippen LogP contribution is -2.49. The Bertz CT molecular complexity index is 985. The SMILES string of the molecule is CN(C)C1CCN(c2ccc(NC(=O)NC3(c4ccnc(C#N)n4)CCCCC3)cc2)CC1. The van der Waals surface area contributed by atoms with E-state index >= 15 is 0 Å². The lowest BCUT2D eigenvalue weighted by atomic mass is 9.79. The smallest absolute Gasteiger partial charge is 0.319 e. The van der Waals surface area contributed by atoms with Crippen molar-refractivity contribution >= 4 is 17.4 Å². The fraction of sp³-hybridized carbons (Fsp3) is 0.520. The van der Waals surface area contributed by atoms with Gasteiger partial charge in [-0.05, 0) is 70.1 Å². The Morgan fingerprint density at radius 3 is 2.45 bits per heavy atom. The molecule has 1 saturated carbocycles. The predicted octanol–water partition coefficient (Wildman–Crippen LogP) is 3.86. The van der Waals surface area contributed by atoms with Crippen LogP contribution in [0.15, 0.2) is 36.5 Å². The highest BCUT2D eigenvalue weighted by Gasteiger charge is 2.37. The second-order valence-corrected chi connectivity index (χ2v) is 9.33. The Kier molecular flexibility index (Phi) is 7.09. The predicted molar refractivity (Wildman–Crippen MR) is 129 cm³/mol. The van der Waals surface area contributed by atoms with E-state index in [1.54, 1.807) is 12.3 Å². The fourth-order valence-corrected chi connectivity index (χ4v) is 5.06. The van der Waals surface area contributed by atoms with Crippen molar-refractivity contribution in [3.63, 3.8) is 0 Å². The Morgan fingerprint density at radius 2 is 1.82 bits per heavy atom. The molecule has 2 aliphatic rings.